The summed E-state index contributed by atoms with van der Waals surface area (Å²) in [6, 6.07) is 5.23. The molecule has 2 rings (SSSR count). The van der Waals surface area contributed by atoms with Gasteiger partial charge in [-0.15, -0.1) is 0 Å². The lowest BCUT2D eigenvalue weighted by molar-refractivity contribution is -0.138. The molecule has 0 aromatic heterocycles. The topological polar surface area (TPSA) is 76.0 Å². The fourth-order valence-electron chi connectivity index (χ4n) is 1.99. The van der Waals surface area contributed by atoms with Crippen LogP contribution in [-0.4, -0.2) is 29.4 Å². The van der Waals surface area contributed by atoms with E-state index in [2.05, 4.69) is 0 Å². The van der Waals surface area contributed by atoms with Crippen LogP contribution in [0.2, 0.25) is 0 Å². The Hall–Kier alpha value is -1.75. The van der Waals surface area contributed by atoms with E-state index < -0.39 is 11.6 Å². The van der Waals surface area contributed by atoms with Crippen LogP contribution in [0, 0.1) is 0 Å². The van der Waals surface area contributed by atoms with Crippen LogP contribution in [0.5, 0.6) is 11.5 Å². The third kappa shape index (κ3) is 3.38. The zero-order valence-electron chi connectivity index (χ0n) is 10.9. The van der Waals surface area contributed by atoms with Gasteiger partial charge in [-0.2, -0.15) is 0 Å². The molecule has 104 valence electrons. The van der Waals surface area contributed by atoms with E-state index in [4.69, 9.17) is 14.6 Å². The summed E-state index contributed by atoms with van der Waals surface area (Å²) >= 11 is 0. The quantitative estimate of drug-likeness (QED) is 0.870. The Labute approximate surface area is 111 Å². The lowest BCUT2D eigenvalue weighted by atomic mass is 9.91. The fourth-order valence-corrected chi connectivity index (χ4v) is 1.99. The number of fused-ring (bicyclic) bond motifs is 1. The van der Waals surface area contributed by atoms with Crippen LogP contribution in [0.4, 0.5) is 0 Å². The van der Waals surface area contributed by atoms with Gasteiger partial charge in [0.1, 0.15) is 0 Å². The molecule has 0 spiro atoms. The maximum absolute atomic E-state index is 10.6. The minimum Gasteiger partial charge on any atom is -0.490 e. The molecule has 0 amide bonds. The van der Waals surface area contributed by atoms with Crippen LogP contribution in [0.25, 0.3) is 0 Å². The number of carbonyl (C=O) groups is 1. The van der Waals surface area contributed by atoms with Gasteiger partial charge in [0.05, 0.1) is 18.8 Å². The second-order valence-corrected chi connectivity index (χ2v) is 4.88. The van der Waals surface area contributed by atoms with Crippen molar-refractivity contribution in [2.24, 2.45) is 0 Å². The predicted molar refractivity (Wildman–Crippen MR) is 68.5 cm³/mol. The summed E-state index contributed by atoms with van der Waals surface area (Å²) in [7, 11) is 0. The van der Waals surface area contributed by atoms with Crippen molar-refractivity contribution >= 4 is 5.97 Å². The molecule has 1 unspecified atom stereocenters. The van der Waals surface area contributed by atoms with Crippen LogP contribution in [0.15, 0.2) is 18.2 Å². The van der Waals surface area contributed by atoms with Crippen molar-refractivity contribution in [2.75, 3.05) is 13.2 Å². The number of benzene rings is 1. The van der Waals surface area contributed by atoms with Gasteiger partial charge in [0.2, 0.25) is 0 Å². The van der Waals surface area contributed by atoms with Gasteiger partial charge >= 0.3 is 5.97 Å². The molecule has 1 heterocycles. The van der Waals surface area contributed by atoms with Crippen LogP contribution in [0.3, 0.4) is 0 Å². The first-order valence-electron chi connectivity index (χ1n) is 6.33. The predicted octanol–water partition coefficient (Wildman–Crippen LogP) is 1.92. The first-order chi connectivity index (χ1) is 8.99. The van der Waals surface area contributed by atoms with E-state index in [0.29, 0.717) is 30.3 Å². The summed E-state index contributed by atoms with van der Waals surface area (Å²) < 4.78 is 11.1. The number of carboxylic acids is 1. The summed E-state index contributed by atoms with van der Waals surface area (Å²) in [6.07, 6.45) is 0.892. The summed E-state index contributed by atoms with van der Waals surface area (Å²) in [6.45, 7) is 2.80. The first kappa shape index (κ1) is 13.7. The summed E-state index contributed by atoms with van der Waals surface area (Å²) in [5, 5.41) is 19.0. The van der Waals surface area contributed by atoms with Crippen molar-refractivity contribution in [3.8, 4) is 11.5 Å². The maximum Gasteiger partial charge on any atom is 0.303 e. The summed E-state index contributed by atoms with van der Waals surface area (Å²) in [4.78, 5) is 10.6. The Balaban J connectivity index is 2.20. The molecule has 1 aromatic carbocycles. The maximum atomic E-state index is 10.6. The molecule has 0 bridgehead atoms. The third-order valence-corrected chi connectivity index (χ3v) is 3.20. The van der Waals surface area contributed by atoms with E-state index in [1.165, 1.54) is 0 Å². The standard InChI is InChI=1S/C14H18O5/c1-14(17,6-5-13(15)16)10-3-4-11-12(9-10)19-8-2-7-18-11/h3-4,9,17H,2,5-8H2,1H3,(H,15,16). The van der Waals surface area contributed by atoms with Crippen molar-refractivity contribution in [1.29, 1.82) is 0 Å². The minimum absolute atomic E-state index is 0.0819. The summed E-state index contributed by atoms with van der Waals surface area (Å²) in [5.74, 6) is 0.343. The first-order valence-corrected chi connectivity index (χ1v) is 6.33. The van der Waals surface area contributed by atoms with Crippen molar-refractivity contribution in [3.63, 3.8) is 0 Å². The molecule has 0 aliphatic carbocycles. The molecular formula is C14H18O5. The monoisotopic (exact) mass is 266 g/mol. The number of rotatable bonds is 4. The molecule has 0 radical (unpaired) electrons. The van der Waals surface area contributed by atoms with Crippen molar-refractivity contribution in [1.82, 2.24) is 0 Å². The molecule has 1 atom stereocenters. The molecule has 0 fully saturated rings. The number of hydrogen-bond acceptors (Lipinski definition) is 4. The third-order valence-electron chi connectivity index (χ3n) is 3.20. The normalized spacial score (nSPS) is 17.4. The van der Waals surface area contributed by atoms with E-state index in [-0.39, 0.29) is 12.8 Å². The Bertz CT molecular complexity index is 467. The second kappa shape index (κ2) is 5.48. The van der Waals surface area contributed by atoms with E-state index in [1.54, 1.807) is 25.1 Å². The summed E-state index contributed by atoms with van der Waals surface area (Å²) in [5.41, 5.74) is -0.554. The Morgan fingerprint density at radius 3 is 2.68 bits per heavy atom. The van der Waals surface area contributed by atoms with Gasteiger partial charge in [-0.1, -0.05) is 6.07 Å². The van der Waals surface area contributed by atoms with E-state index >= 15 is 0 Å². The van der Waals surface area contributed by atoms with Gasteiger partial charge in [-0.25, -0.2) is 0 Å². The molecule has 19 heavy (non-hydrogen) atoms. The van der Waals surface area contributed by atoms with Gasteiger partial charge in [-0.3, -0.25) is 4.79 Å². The van der Waals surface area contributed by atoms with E-state index in [1.807, 2.05) is 0 Å². The smallest absolute Gasteiger partial charge is 0.303 e. The highest BCUT2D eigenvalue weighted by atomic mass is 16.5. The largest absolute Gasteiger partial charge is 0.490 e. The minimum atomic E-state index is -1.19. The van der Waals surface area contributed by atoms with Crippen LogP contribution < -0.4 is 9.47 Å². The Morgan fingerprint density at radius 1 is 1.32 bits per heavy atom. The average Bonchev–Trinajstić information content (AvgIpc) is 2.60. The van der Waals surface area contributed by atoms with Gasteiger partial charge in [0, 0.05) is 12.8 Å². The van der Waals surface area contributed by atoms with Crippen LogP contribution in [-0.2, 0) is 10.4 Å². The molecule has 1 aromatic rings. The van der Waals surface area contributed by atoms with E-state index in [0.717, 1.165) is 6.42 Å². The fraction of sp³-hybridized carbons (Fsp3) is 0.500. The van der Waals surface area contributed by atoms with Crippen molar-refractivity contribution in [2.45, 2.75) is 31.8 Å². The van der Waals surface area contributed by atoms with Gasteiger partial charge in [0.15, 0.2) is 11.5 Å². The molecule has 5 heteroatoms. The zero-order chi connectivity index (χ0) is 13.9. The molecule has 2 N–H and O–H groups in total. The Kier molecular flexibility index (Phi) is 3.95. The lowest BCUT2D eigenvalue weighted by Gasteiger charge is -2.24. The number of aliphatic carboxylic acids is 1. The number of hydrogen-bond donors (Lipinski definition) is 2. The molecule has 0 saturated heterocycles. The highest BCUT2D eigenvalue weighted by Crippen LogP contribution is 2.35. The van der Waals surface area contributed by atoms with Gasteiger partial charge in [-0.05, 0) is 31.0 Å². The molecule has 0 saturated carbocycles. The highest BCUT2D eigenvalue weighted by Gasteiger charge is 2.25. The molecule has 1 aliphatic rings. The van der Waals surface area contributed by atoms with E-state index in [9.17, 15) is 9.90 Å². The number of carboxylic acid groups (broad SMARTS) is 1. The molecule has 5 nitrogen and oxygen atoms in total. The van der Waals surface area contributed by atoms with Crippen molar-refractivity contribution in [3.05, 3.63) is 23.8 Å². The highest BCUT2D eigenvalue weighted by molar-refractivity contribution is 5.66. The van der Waals surface area contributed by atoms with Crippen molar-refractivity contribution < 1.29 is 24.5 Å². The second-order valence-electron chi connectivity index (χ2n) is 4.88. The van der Waals surface area contributed by atoms with Gasteiger partial charge < -0.3 is 19.7 Å². The average molecular weight is 266 g/mol. The van der Waals surface area contributed by atoms with Crippen LogP contribution in [0.1, 0.15) is 31.7 Å². The Morgan fingerprint density at radius 2 is 2.00 bits per heavy atom. The van der Waals surface area contributed by atoms with Crippen LogP contribution >= 0.6 is 0 Å². The lowest BCUT2D eigenvalue weighted by Crippen LogP contribution is -2.22. The SMILES string of the molecule is CC(O)(CCC(=O)O)c1ccc2c(c1)OCCCO2. The molecule has 1 aliphatic heterocycles. The zero-order valence-corrected chi connectivity index (χ0v) is 10.9. The number of ether oxygens (including phenoxy) is 2. The molecular weight excluding hydrogens is 248 g/mol. The number of aliphatic hydroxyl groups is 1. The van der Waals surface area contributed by atoms with Gasteiger partial charge in [0.25, 0.3) is 0 Å².